The van der Waals surface area contributed by atoms with Gasteiger partial charge in [-0.15, -0.1) is 0 Å². The molecule has 0 aliphatic heterocycles. The predicted octanol–water partition coefficient (Wildman–Crippen LogP) is 1.68. The molecule has 4 heteroatoms. The van der Waals surface area contributed by atoms with E-state index < -0.39 is 23.3 Å². The van der Waals surface area contributed by atoms with Crippen LogP contribution in [-0.4, -0.2) is 22.2 Å². The van der Waals surface area contributed by atoms with E-state index in [4.69, 9.17) is 10.2 Å². The van der Waals surface area contributed by atoms with Gasteiger partial charge in [0.2, 0.25) is 0 Å². The van der Waals surface area contributed by atoms with Gasteiger partial charge in [-0.2, -0.15) is 0 Å². The van der Waals surface area contributed by atoms with E-state index in [2.05, 4.69) is 0 Å². The molecule has 82 valence electrons. The van der Waals surface area contributed by atoms with Crippen molar-refractivity contribution in [3.05, 3.63) is 23.8 Å². The summed E-state index contributed by atoms with van der Waals surface area (Å²) in [4.78, 5) is 22.1. The van der Waals surface area contributed by atoms with Crippen molar-refractivity contribution in [3.63, 3.8) is 0 Å². The lowest BCUT2D eigenvalue weighted by atomic mass is 9.69. The van der Waals surface area contributed by atoms with Gasteiger partial charge >= 0.3 is 11.9 Å². The number of carbonyl (C=O) groups is 2. The summed E-state index contributed by atoms with van der Waals surface area (Å²) in [7, 11) is 0. The van der Waals surface area contributed by atoms with E-state index >= 15 is 0 Å². The van der Waals surface area contributed by atoms with Crippen LogP contribution in [0.5, 0.6) is 0 Å². The molecule has 15 heavy (non-hydrogen) atoms. The maximum atomic E-state index is 11.1. The Morgan fingerprint density at radius 2 is 2.07 bits per heavy atom. The average Bonchev–Trinajstić information content (AvgIpc) is 2.16. The fourth-order valence-electron chi connectivity index (χ4n) is 1.99. The standard InChI is InChI=1S/C11H14O4/c1-3-8-7(9(12)13)5-4-6-11(8,2)10(14)15/h4-6,8H,3H2,1-2H3,(H,12,13)(H,14,15). The second kappa shape index (κ2) is 3.88. The van der Waals surface area contributed by atoms with Crippen molar-refractivity contribution in [2.24, 2.45) is 11.3 Å². The van der Waals surface area contributed by atoms with Crippen LogP contribution in [0.1, 0.15) is 20.3 Å². The second-order valence-electron chi connectivity index (χ2n) is 3.83. The number of hydrogen-bond donors (Lipinski definition) is 2. The topological polar surface area (TPSA) is 74.6 Å². The van der Waals surface area contributed by atoms with Crippen LogP contribution in [0.25, 0.3) is 0 Å². The van der Waals surface area contributed by atoms with Gasteiger partial charge in [0.05, 0.1) is 5.41 Å². The van der Waals surface area contributed by atoms with Crippen molar-refractivity contribution < 1.29 is 19.8 Å². The van der Waals surface area contributed by atoms with Crippen LogP contribution in [0.15, 0.2) is 23.8 Å². The first-order valence-corrected chi connectivity index (χ1v) is 4.79. The zero-order valence-corrected chi connectivity index (χ0v) is 8.73. The van der Waals surface area contributed by atoms with Crippen molar-refractivity contribution in [1.82, 2.24) is 0 Å². The van der Waals surface area contributed by atoms with Crippen LogP contribution >= 0.6 is 0 Å². The molecule has 0 radical (unpaired) electrons. The minimum absolute atomic E-state index is 0.171. The molecule has 2 unspecified atom stereocenters. The van der Waals surface area contributed by atoms with E-state index in [-0.39, 0.29) is 5.57 Å². The number of carboxylic acids is 2. The quantitative estimate of drug-likeness (QED) is 0.743. The van der Waals surface area contributed by atoms with Crippen LogP contribution in [0.4, 0.5) is 0 Å². The molecular formula is C11H14O4. The molecule has 0 saturated heterocycles. The Morgan fingerprint density at radius 3 is 2.47 bits per heavy atom. The molecule has 0 saturated carbocycles. The van der Waals surface area contributed by atoms with Crippen molar-refractivity contribution >= 4 is 11.9 Å². The molecule has 2 N–H and O–H groups in total. The third-order valence-corrected chi connectivity index (χ3v) is 2.93. The fraction of sp³-hybridized carbons (Fsp3) is 0.455. The van der Waals surface area contributed by atoms with E-state index in [0.717, 1.165) is 0 Å². The number of aliphatic carboxylic acids is 2. The molecule has 0 amide bonds. The molecular weight excluding hydrogens is 196 g/mol. The van der Waals surface area contributed by atoms with Crippen molar-refractivity contribution in [1.29, 1.82) is 0 Å². The van der Waals surface area contributed by atoms with Gasteiger partial charge in [0.15, 0.2) is 0 Å². The summed E-state index contributed by atoms with van der Waals surface area (Å²) in [6.07, 6.45) is 5.02. The molecule has 0 aromatic carbocycles. The highest BCUT2D eigenvalue weighted by Crippen LogP contribution is 2.39. The second-order valence-corrected chi connectivity index (χ2v) is 3.83. The summed E-state index contributed by atoms with van der Waals surface area (Å²) in [6.45, 7) is 3.34. The first kappa shape index (κ1) is 11.5. The van der Waals surface area contributed by atoms with Gasteiger partial charge in [0.25, 0.3) is 0 Å². The van der Waals surface area contributed by atoms with Gasteiger partial charge in [-0.1, -0.05) is 25.2 Å². The van der Waals surface area contributed by atoms with Gasteiger partial charge < -0.3 is 10.2 Å². The van der Waals surface area contributed by atoms with E-state index in [1.165, 1.54) is 12.2 Å². The third-order valence-electron chi connectivity index (χ3n) is 2.93. The molecule has 0 fully saturated rings. The lowest BCUT2D eigenvalue weighted by molar-refractivity contribution is -0.147. The molecule has 0 bridgehead atoms. The normalized spacial score (nSPS) is 29.7. The molecule has 0 spiro atoms. The van der Waals surface area contributed by atoms with Gasteiger partial charge in [-0.05, 0) is 13.3 Å². The summed E-state index contributed by atoms with van der Waals surface area (Å²) in [5.74, 6) is -2.51. The summed E-state index contributed by atoms with van der Waals surface area (Å²) in [5, 5.41) is 18.1. The molecule has 1 aliphatic carbocycles. The van der Waals surface area contributed by atoms with Gasteiger partial charge in [-0.3, -0.25) is 4.79 Å². The van der Waals surface area contributed by atoms with E-state index in [0.29, 0.717) is 6.42 Å². The highest BCUT2D eigenvalue weighted by atomic mass is 16.4. The van der Waals surface area contributed by atoms with Crippen LogP contribution < -0.4 is 0 Å². The molecule has 0 aromatic heterocycles. The van der Waals surface area contributed by atoms with Gasteiger partial charge in [-0.25, -0.2) is 4.79 Å². The predicted molar refractivity (Wildman–Crippen MR) is 54.4 cm³/mol. The van der Waals surface area contributed by atoms with Crippen LogP contribution in [0.2, 0.25) is 0 Å². The van der Waals surface area contributed by atoms with Crippen molar-refractivity contribution in [2.45, 2.75) is 20.3 Å². The Bertz CT molecular complexity index is 354. The summed E-state index contributed by atoms with van der Waals surface area (Å²) in [6, 6.07) is 0. The van der Waals surface area contributed by atoms with E-state index in [1.807, 2.05) is 0 Å². The molecule has 4 nitrogen and oxygen atoms in total. The molecule has 1 rings (SSSR count). The molecule has 2 atom stereocenters. The monoisotopic (exact) mass is 210 g/mol. The number of allylic oxidation sites excluding steroid dienone is 2. The smallest absolute Gasteiger partial charge is 0.331 e. The highest BCUT2D eigenvalue weighted by Gasteiger charge is 2.43. The molecule has 1 aliphatic rings. The number of hydrogen-bond acceptors (Lipinski definition) is 2. The minimum Gasteiger partial charge on any atom is -0.481 e. The summed E-state index contributed by atoms with van der Waals surface area (Å²) < 4.78 is 0. The fourth-order valence-corrected chi connectivity index (χ4v) is 1.99. The summed E-state index contributed by atoms with van der Waals surface area (Å²) in [5.41, 5.74) is -0.943. The Labute approximate surface area is 87.9 Å². The maximum Gasteiger partial charge on any atom is 0.331 e. The zero-order valence-electron chi connectivity index (χ0n) is 8.73. The number of rotatable bonds is 3. The SMILES string of the molecule is CCC1C(C(=O)O)=CC=CC1(C)C(=O)O. The number of carboxylic acid groups (broad SMARTS) is 2. The molecule has 0 heterocycles. The van der Waals surface area contributed by atoms with Crippen LogP contribution in [0, 0.1) is 11.3 Å². The van der Waals surface area contributed by atoms with Crippen LogP contribution in [0.3, 0.4) is 0 Å². The Kier molecular flexibility index (Phi) is 2.98. The third kappa shape index (κ3) is 1.79. The molecule has 0 aromatic rings. The maximum absolute atomic E-state index is 11.1. The van der Waals surface area contributed by atoms with Crippen molar-refractivity contribution in [2.75, 3.05) is 0 Å². The largest absolute Gasteiger partial charge is 0.481 e. The van der Waals surface area contributed by atoms with Crippen LogP contribution in [-0.2, 0) is 9.59 Å². The van der Waals surface area contributed by atoms with E-state index in [1.54, 1.807) is 19.9 Å². The van der Waals surface area contributed by atoms with E-state index in [9.17, 15) is 9.59 Å². The lowest BCUT2D eigenvalue weighted by Gasteiger charge is -2.33. The highest BCUT2D eigenvalue weighted by molar-refractivity contribution is 5.91. The van der Waals surface area contributed by atoms with Gasteiger partial charge in [0, 0.05) is 11.5 Å². The Hall–Kier alpha value is -1.58. The van der Waals surface area contributed by atoms with Gasteiger partial charge in [0.1, 0.15) is 0 Å². The minimum atomic E-state index is -1.11. The lowest BCUT2D eigenvalue weighted by Crippen LogP contribution is -2.38. The van der Waals surface area contributed by atoms with Crippen molar-refractivity contribution in [3.8, 4) is 0 Å². The summed E-state index contributed by atoms with van der Waals surface area (Å²) >= 11 is 0. The first-order valence-electron chi connectivity index (χ1n) is 4.79. The average molecular weight is 210 g/mol. The Morgan fingerprint density at radius 1 is 1.47 bits per heavy atom. The Balaban J connectivity index is 3.18. The zero-order chi connectivity index (χ0) is 11.6. The first-order chi connectivity index (χ1) is 6.93.